The van der Waals surface area contributed by atoms with Crippen LogP contribution in [0, 0.1) is 0 Å². The number of aromatic nitrogens is 5. The molecule has 0 spiro atoms. The standard InChI is InChI=1S/C25H23N5O3S/c1-28-16-26-22-20(28)23(31)30(25(32)29(22)2)14-9-15-34-24-27-19(17-10-5-3-6-11-17)21(33-24)18-12-7-4-8-13-18/h3-8,10-13,16H,9,14-15H2,1-2H3. The Hall–Kier alpha value is -3.85. The van der Waals surface area contributed by atoms with Gasteiger partial charge in [-0.25, -0.2) is 14.8 Å². The van der Waals surface area contributed by atoms with Crippen LogP contribution in [0.1, 0.15) is 6.42 Å². The largest absolute Gasteiger partial charge is 0.431 e. The zero-order chi connectivity index (χ0) is 23.7. The average Bonchev–Trinajstić information content (AvgIpc) is 3.47. The van der Waals surface area contributed by atoms with Crippen molar-refractivity contribution in [2.75, 3.05) is 5.75 Å². The van der Waals surface area contributed by atoms with Crippen LogP contribution in [0.2, 0.25) is 0 Å². The number of imidazole rings is 1. The van der Waals surface area contributed by atoms with Crippen LogP contribution < -0.4 is 11.2 Å². The van der Waals surface area contributed by atoms with Gasteiger partial charge in [0.25, 0.3) is 10.8 Å². The van der Waals surface area contributed by atoms with Crippen molar-refractivity contribution in [3.8, 4) is 22.6 Å². The fraction of sp³-hybridized carbons (Fsp3) is 0.200. The van der Waals surface area contributed by atoms with Crippen LogP contribution in [0.15, 0.2) is 86.2 Å². The van der Waals surface area contributed by atoms with Crippen molar-refractivity contribution in [1.29, 1.82) is 0 Å². The second-order valence-corrected chi connectivity index (χ2v) is 8.96. The highest BCUT2D eigenvalue weighted by Gasteiger charge is 2.18. The summed E-state index contributed by atoms with van der Waals surface area (Å²) in [4.78, 5) is 34.4. The molecule has 0 unspecified atom stereocenters. The number of fused-ring (bicyclic) bond motifs is 1. The fourth-order valence-electron chi connectivity index (χ4n) is 3.91. The molecule has 0 fully saturated rings. The molecule has 0 amide bonds. The molecule has 5 aromatic rings. The summed E-state index contributed by atoms with van der Waals surface area (Å²) >= 11 is 1.47. The maximum Gasteiger partial charge on any atom is 0.332 e. The van der Waals surface area contributed by atoms with Crippen LogP contribution in [0.3, 0.4) is 0 Å². The molecular formula is C25H23N5O3S. The van der Waals surface area contributed by atoms with Crippen LogP contribution in [0.5, 0.6) is 0 Å². The molecule has 0 bridgehead atoms. The van der Waals surface area contributed by atoms with Gasteiger partial charge in [-0.05, 0) is 6.42 Å². The zero-order valence-corrected chi connectivity index (χ0v) is 19.7. The first-order chi connectivity index (χ1) is 16.5. The number of rotatable bonds is 7. The zero-order valence-electron chi connectivity index (χ0n) is 18.8. The molecule has 5 rings (SSSR count). The Balaban J connectivity index is 1.36. The molecule has 34 heavy (non-hydrogen) atoms. The summed E-state index contributed by atoms with van der Waals surface area (Å²) in [5, 5.41) is 0.556. The third kappa shape index (κ3) is 3.99. The number of hydrogen-bond acceptors (Lipinski definition) is 6. The number of aryl methyl sites for hydroxylation is 2. The Labute approximate surface area is 199 Å². The Morgan fingerprint density at radius 2 is 1.62 bits per heavy atom. The molecule has 0 aliphatic heterocycles. The minimum Gasteiger partial charge on any atom is -0.431 e. The van der Waals surface area contributed by atoms with Gasteiger partial charge in [-0.3, -0.25) is 13.9 Å². The van der Waals surface area contributed by atoms with Crippen LogP contribution in [-0.4, -0.2) is 29.4 Å². The molecule has 0 N–H and O–H groups in total. The Morgan fingerprint density at radius 1 is 0.941 bits per heavy atom. The highest BCUT2D eigenvalue weighted by molar-refractivity contribution is 7.99. The highest BCUT2D eigenvalue weighted by atomic mass is 32.2. The first-order valence-corrected chi connectivity index (χ1v) is 11.9. The van der Waals surface area contributed by atoms with Crippen molar-refractivity contribution in [1.82, 2.24) is 23.7 Å². The topological polar surface area (TPSA) is 87.8 Å². The molecule has 0 atom stereocenters. The molecule has 9 heteroatoms. The van der Waals surface area contributed by atoms with E-state index in [0.29, 0.717) is 35.1 Å². The maximum atomic E-state index is 12.9. The lowest BCUT2D eigenvalue weighted by atomic mass is 10.1. The number of oxazole rings is 1. The van der Waals surface area contributed by atoms with E-state index in [4.69, 9.17) is 9.40 Å². The lowest BCUT2D eigenvalue weighted by Crippen LogP contribution is -2.39. The van der Waals surface area contributed by atoms with E-state index in [2.05, 4.69) is 4.98 Å². The molecule has 8 nitrogen and oxygen atoms in total. The van der Waals surface area contributed by atoms with Crippen molar-refractivity contribution in [3.63, 3.8) is 0 Å². The van der Waals surface area contributed by atoms with Gasteiger partial charge in [-0.2, -0.15) is 0 Å². The van der Waals surface area contributed by atoms with Gasteiger partial charge in [0.2, 0.25) is 0 Å². The minimum atomic E-state index is -0.366. The molecule has 3 heterocycles. The summed E-state index contributed by atoms with van der Waals surface area (Å²) in [6.45, 7) is 0.303. The fourth-order valence-corrected chi connectivity index (χ4v) is 4.66. The van der Waals surface area contributed by atoms with E-state index in [1.165, 1.54) is 20.9 Å². The van der Waals surface area contributed by atoms with Crippen molar-refractivity contribution in [2.45, 2.75) is 18.2 Å². The third-order valence-electron chi connectivity index (χ3n) is 5.64. The van der Waals surface area contributed by atoms with Gasteiger partial charge in [0.1, 0.15) is 5.69 Å². The molecule has 0 aliphatic carbocycles. The Kier molecular flexibility index (Phi) is 5.93. The lowest BCUT2D eigenvalue weighted by molar-refractivity contribution is 0.465. The summed E-state index contributed by atoms with van der Waals surface area (Å²) < 4.78 is 10.5. The average molecular weight is 474 g/mol. The van der Waals surface area contributed by atoms with Gasteiger partial charge >= 0.3 is 5.69 Å². The minimum absolute atomic E-state index is 0.303. The van der Waals surface area contributed by atoms with E-state index < -0.39 is 0 Å². The molecular weight excluding hydrogens is 450 g/mol. The first-order valence-electron chi connectivity index (χ1n) is 10.9. The van der Waals surface area contributed by atoms with Crippen molar-refractivity contribution >= 4 is 22.9 Å². The molecule has 2 aromatic carbocycles. The second kappa shape index (κ2) is 9.18. The van der Waals surface area contributed by atoms with E-state index in [0.717, 1.165) is 22.6 Å². The van der Waals surface area contributed by atoms with Gasteiger partial charge in [0.15, 0.2) is 16.9 Å². The number of thioether (sulfide) groups is 1. The summed E-state index contributed by atoms with van der Waals surface area (Å²) in [6.07, 6.45) is 2.15. The van der Waals surface area contributed by atoms with E-state index in [1.807, 2.05) is 60.7 Å². The number of hydrogen-bond donors (Lipinski definition) is 0. The summed E-state index contributed by atoms with van der Waals surface area (Å²) in [5.74, 6) is 1.36. The van der Waals surface area contributed by atoms with E-state index in [1.54, 1.807) is 25.0 Å². The predicted octanol–water partition coefficient (Wildman–Crippen LogP) is 3.94. The van der Waals surface area contributed by atoms with Gasteiger partial charge in [-0.15, -0.1) is 0 Å². The highest BCUT2D eigenvalue weighted by Crippen LogP contribution is 2.35. The van der Waals surface area contributed by atoms with Crippen LogP contribution in [0.4, 0.5) is 0 Å². The number of benzene rings is 2. The summed E-state index contributed by atoms with van der Waals surface area (Å²) in [6, 6.07) is 19.8. The smallest absolute Gasteiger partial charge is 0.332 e. The van der Waals surface area contributed by atoms with Gasteiger partial charge in [0.05, 0.1) is 6.33 Å². The Morgan fingerprint density at radius 3 is 2.32 bits per heavy atom. The monoisotopic (exact) mass is 473 g/mol. The lowest BCUT2D eigenvalue weighted by Gasteiger charge is -2.08. The van der Waals surface area contributed by atoms with Crippen LogP contribution >= 0.6 is 11.8 Å². The molecule has 0 radical (unpaired) electrons. The van der Waals surface area contributed by atoms with E-state index in [9.17, 15) is 9.59 Å². The first kappa shape index (κ1) is 22.0. The van der Waals surface area contributed by atoms with Gasteiger partial charge in [0, 0.05) is 37.5 Å². The molecule has 0 aliphatic rings. The molecule has 0 saturated carbocycles. The van der Waals surface area contributed by atoms with Gasteiger partial charge < -0.3 is 8.98 Å². The van der Waals surface area contributed by atoms with Crippen LogP contribution in [0.25, 0.3) is 33.7 Å². The molecule has 172 valence electrons. The summed E-state index contributed by atoms with van der Waals surface area (Å²) in [5.41, 5.74) is 2.86. The Bertz CT molecular complexity index is 1510. The van der Waals surface area contributed by atoms with E-state index >= 15 is 0 Å². The SMILES string of the molecule is Cn1cnc2c1c(=O)n(CCCSc1nc(-c3ccccc3)c(-c3ccccc3)o1)c(=O)n2C. The summed E-state index contributed by atoms with van der Waals surface area (Å²) in [7, 11) is 3.38. The third-order valence-corrected chi connectivity index (χ3v) is 6.56. The number of nitrogens with zero attached hydrogens (tertiary/aromatic N) is 5. The molecule has 3 aromatic heterocycles. The van der Waals surface area contributed by atoms with E-state index in [-0.39, 0.29) is 11.2 Å². The van der Waals surface area contributed by atoms with Crippen molar-refractivity contribution in [2.24, 2.45) is 14.1 Å². The maximum absolute atomic E-state index is 12.9. The predicted molar refractivity (Wildman–Crippen MR) is 133 cm³/mol. The van der Waals surface area contributed by atoms with Crippen molar-refractivity contribution < 1.29 is 4.42 Å². The van der Waals surface area contributed by atoms with Crippen LogP contribution in [-0.2, 0) is 20.6 Å². The second-order valence-electron chi connectivity index (χ2n) is 7.92. The normalized spacial score (nSPS) is 11.4. The quantitative estimate of drug-likeness (QED) is 0.263. The molecule has 0 saturated heterocycles. The van der Waals surface area contributed by atoms with Crippen molar-refractivity contribution in [3.05, 3.63) is 87.8 Å². The van der Waals surface area contributed by atoms with Gasteiger partial charge in [-0.1, -0.05) is 72.4 Å².